The molecule has 0 aliphatic rings. The lowest BCUT2D eigenvalue weighted by molar-refractivity contribution is 0.0696. The fourth-order valence-electron chi connectivity index (χ4n) is 1.19. The highest BCUT2D eigenvalue weighted by Crippen LogP contribution is 2.29. The van der Waals surface area contributed by atoms with Crippen molar-refractivity contribution in [2.45, 2.75) is 0 Å². The van der Waals surface area contributed by atoms with Gasteiger partial charge >= 0.3 is 5.97 Å². The molecule has 5 nitrogen and oxygen atoms in total. The second-order valence-corrected chi connectivity index (χ2v) is 3.53. The van der Waals surface area contributed by atoms with Gasteiger partial charge < -0.3 is 10.2 Å². The molecule has 2 rings (SSSR count). The number of carboxylic acid groups (broad SMARTS) is 1. The van der Waals surface area contributed by atoms with Crippen LogP contribution in [0.4, 0.5) is 0 Å². The lowest BCUT2D eigenvalue weighted by Crippen LogP contribution is -1.95. The fraction of sp³-hybridized carbons (Fsp3) is 0. The van der Waals surface area contributed by atoms with Crippen LogP contribution in [0.25, 0.3) is 10.9 Å². The Balaban J connectivity index is 2.82. The van der Waals surface area contributed by atoms with Gasteiger partial charge in [0.05, 0.1) is 5.56 Å². The number of carboxylic acids is 1. The second-order valence-electron chi connectivity index (χ2n) is 2.73. The Morgan fingerprint density at radius 1 is 1.50 bits per heavy atom. The SMILES string of the molecule is O=C(O)c1cc(O)c2n[nH]c(Br)c2c1. The number of phenols is 1. The first kappa shape index (κ1) is 9.01. The van der Waals surface area contributed by atoms with Gasteiger partial charge in [-0.1, -0.05) is 0 Å². The number of fused-ring (bicyclic) bond motifs is 1. The summed E-state index contributed by atoms with van der Waals surface area (Å²) in [6.07, 6.45) is 0. The molecule has 0 aliphatic heterocycles. The van der Waals surface area contributed by atoms with Crippen LogP contribution in [-0.2, 0) is 0 Å². The molecule has 0 radical (unpaired) electrons. The zero-order valence-corrected chi connectivity index (χ0v) is 8.37. The van der Waals surface area contributed by atoms with Gasteiger partial charge in [0.15, 0.2) is 0 Å². The maximum Gasteiger partial charge on any atom is 0.335 e. The van der Waals surface area contributed by atoms with Crippen molar-refractivity contribution in [2.75, 3.05) is 0 Å². The molecule has 0 fully saturated rings. The van der Waals surface area contributed by atoms with E-state index < -0.39 is 5.97 Å². The van der Waals surface area contributed by atoms with Gasteiger partial charge in [0.2, 0.25) is 0 Å². The van der Waals surface area contributed by atoms with Crippen LogP contribution in [0.5, 0.6) is 5.75 Å². The summed E-state index contributed by atoms with van der Waals surface area (Å²) in [6.45, 7) is 0. The molecule has 0 unspecified atom stereocenters. The van der Waals surface area contributed by atoms with Crippen molar-refractivity contribution < 1.29 is 15.0 Å². The molecule has 0 bridgehead atoms. The second kappa shape index (κ2) is 2.98. The van der Waals surface area contributed by atoms with Gasteiger partial charge in [-0.3, -0.25) is 5.10 Å². The first-order valence-corrected chi connectivity index (χ1v) is 4.49. The molecule has 0 aliphatic carbocycles. The number of hydrogen-bond donors (Lipinski definition) is 3. The molecule has 1 aromatic carbocycles. The molecule has 0 spiro atoms. The van der Waals surface area contributed by atoms with Crippen molar-refractivity contribution in [1.82, 2.24) is 10.2 Å². The van der Waals surface area contributed by atoms with Gasteiger partial charge in [-0.05, 0) is 28.1 Å². The van der Waals surface area contributed by atoms with Gasteiger partial charge in [0, 0.05) is 5.39 Å². The average Bonchev–Trinajstić information content (AvgIpc) is 2.48. The zero-order valence-electron chi connectivity index (χ0n) is 6.78. The van der Waals surface area contributed by atoms with Crippen molar-refractivity contribution in [3.05, 3.63) is 22.3 Å². The standard InChI is InChI=1S/C8H5BrN2O3/c9-7-4-1-3(8(13)14)2-5(12)6(4)10-11-7/h1-2,12H,(H,10,11)(H,13,14). The molecule has 6 heteroatoms. The Labute approximate surface area is 86.5 Å². The summed E-state index contributed by atoms with van der Waals surface area (Å²) >= 11 is 3.16. The van der Waals surface area contributed by atoms with Crippen molar-refractivity contribution in [3.63, 3.8) is 0 Å². The highest BCUT2D eigenvalue weighted by Gasteiger charge is 2.12. The number of H-pyrrole nitrogens is 1. The largest absolute Gasteiger partial charge is 0.506 e. The van der Waals surface area contributed by atoms with Crippen LogP contribution in [0.1, 0.15) is 10.4 Å². The van der Waals surface area contributed by atoms with Gasteiger partial charge in [0.1, 0.15) is 15.9 Å². The maximum atomic E-state index is 10.7. The predicted octanol–water partition coefficient (Wildman–Crippen LogP) is 1.73. The lowest BCUT2D eigenvalue weighted by Gasteiger charge is -1.97. The van der Waals surface area contributed by atoms with Crippen LogP contribution in [0.2, 0.25) is 0 Å². The Bertz CT molecular complexity index is 521. The van der Waals surface area contributed by atoms with E-state index in [1.165, 1.54) is 6.07 Å². The molecule has 1 heterocycles. The number of rotatable bonds is 1. The Hall–Kier alpha value is -1.56. The first-order valence-electron chi connectivity index (χ1n) is 3.69. The summed E-state index contributed by atoms with van der Waals surface area (Å²) in [5.74, 6) is -1.24. The fourth-order valence-corrected chi connectivity index (χ4v) is 1.58. The zero-order chi connectivity index (χ0) is 10.3. The molecule has 2 aromatic rings. The molecule has 14 heavy (non-hydrogen) atoms. The third kappa shape index (κ3) is 1.24. The molecule has 1 aromatic heterocycles. The lowest BCUT2D eigenvalue weighted by atomic mass is 10.1. The molecule has 0 saturated carbocycles. The van der Waals surface area contributed by atoms with E-state index in [9.17, 15) is 9.90 Å². The van der Waals surface area contributed by atoms with Crippen LogP contribution in [0.15, 0.2) is 16.7 Å². The van der Waals surface area contributed by atoms with Gasteiger partial charge in [-0.15, -0.1) is 0 Å². The van der Waals surface area contributed by atoms with Crippen molar-refractivity contribution in [3.8, 4) is 5.75 Å². The highest BCUT2D eigenvalue weighted by molar-refractivity contribution is 9.10. The van der Waals surface area contributed by atoms with E-state index in [0.717, 1.165) is 6.07 Å². The van der Waals surface area contributed by atoms with Crippen LogP contribution in [0, 0.1) is 0 Å². The number of nitrogens with zero attached hydrogens (tertiary/aromatic N) is 1. The molecular weight excluding hydrogens is 252 g/mol. The first-order chi connectivity index (χ1) is 6.59. The quantitative estimate of drug-likeness (QED) is 0.726. The van der Waals surface area contributed by atoms with Crippen LogP contribution < -0.4 is 0 Å². The van der Waals surface area contributed by atoms with E-state index in [2.05, 4.69) is 26.1 Å². The number of aromatic amines is 1. The average molecular weight is 257 g/mol. The van der Waals surface area contributed by atoms with Gasteiger partial charge in [0.25, 0.3) is 0 Å². The predicted molar refractivity (Wildman–Crippen MR) is 52.4 cm³/mol. The summed E-state index contributed by atoms with van der Waals surface area (Å²) in [4.78, 5) is 10.7. The monoisotopic (exact) mass is 256 g/mol. The third-order valence-corrected chi connectivity index (χ3v) is 2.44. The minimum Gasteiger partial charge on any atom is -0.506 e. The maximum absolute atomic E-state index is 10.7. The van der Waals surface area contributed by atoms with E-state index in [1.54, 1.807) is 0 Å². The Morgan fingerprint density at radius 3 is 2.86 bits per heavy atom. The molecule has 0 saturated heterocycles. The van der Waals surface area contributed by atoms with Crippen LogP contribution >= 0.6 is 15.9 Å². The summed E-state index contributed by atoms with van der Waals surface area (Å²) in [6, 6.07) is 2.60. The smallest absolute Gasteiger partial charge is 0.335 e. The summed E-state index contributed by atoms with van der Waals surface area (Å²) in [7, 11) is 0. The van der Waals surface area contributed by atoms with Gasteiger partial charge in [-0.25, -0.2) is 4.79 Å². The molecule has 72 valence electrons. The molecule has 0 amide bonds. The van der Waals surface area contributed by atoms with Crippen molar-refractivity contribution in [2.24, 2.45) is 0 Å². The summed E-state index contributed by atoms with van der Waals surface area (Å²) in [5.41, 5.74) is 0.374. The van der Waals surface area contributed by atoms with Gasteiger partial charge in [-0.2, -0.15) is 5.10 Å². The highest BCUT2D eigenvalue weighted by atomic mass is 79.9. The minimum absolute atomic E-state index is 0.0251. The topological polar surface area (TPSA) is 86.2 Å². The van der Waals surface area contributed by atoms with Crippen LogP contribution in [-0.4, -0.2) is 26.4 Å². The van der Waals surface area contributed by atoms with E-state index in [1.807, 2.05) is 0 Å². The van der Waals surface area contributed by atoms with Crippen LogP contribution in [0.3, 0.4) is 0 Å². The minimum atomic E-state index is -1.09. The van der Waals surface area contributed by atoms with Crippen molar-refractivity contribution in [1.29, 1.82) is 0 Å². The number of aromatic nitrogens is 2. The number of aromatic hydroxyl groups is 1. The Morgan fingerprint density at radius 2 is 2.21 bits per heavy atom. The van der Waals surface area contributed by atoms with E-state index in [-0.39, 0.29) is 11.3 Å². The third-order valence-electron chi connectivity index (χ3n) is 1.84. The van der Waals surface area contributed by atoms with E-state index in [0.29, 0.717) is 15.5 Å². The molecular formula is C8H5BrN2O3. The normalized spacial score (nSPS) is 10.6. The van der Waals surface area contributed by atoms with Crippen molar-refractivity contribution >= 4 is 32.8 Å². The number of aromatic carboxylic acids is 1. The van der Waals surface area contributed by atoms with E-state index in [4.69, 9.17) is 5.11 Å². The number of benzene rings is 1. The number of halogens is 1. The summed E-state index contributed by atoms with van der Waals surface area (Å²) < 4.78 is 0.547. The number of carbonyl (C=O) groups is 1. The number of hydrogen-bond acceptors (Lipinski definition) is 3. The summed E-state index contributed by atoms with van der Waals surface area (Å²) in [5, 5.41) is 25.1. The molecule has 0 atom stereocenters. The Kier molecular flexibility index (Phi) is 1.92. The van der Waals surface area contributed by atoms with E-state index >= 15 is 0 Å². The number of phenolic OH excluding ortho intramolecular Hbond substituents is 1. The molecule has 3 N–H and O–H groups in total. The number of nitrogens with one attached hydrogen (secondary N) is 1.